The third-order valence-corrected chi connectivity index (χ3v) is 3.85. The van der Waals surface area contributed by atoms with Gasteiger partial charge in [-0.25, -0.2) is 9.18 Å². The zero-order valence-corrected chi connectivity index (χ0v) is 14.3. The summed E-state index contributed by atoms with van der Waals surface area (Å²) < 4.78 is 18.6. The molecule has 0 aromatic heterocycles. The van der Waals surface area contributed by atoms with Gasteiger partial charge in [-0.05, 0) is 37.1 Å². The Labute approximate surface area is 145 Å². The van der Waals surface area contributed by atoms with Gasteiger partial charge in [0.25, 0.3) is 0 Å². The maximum absolute atomic E-state index is 13.4. The molecule has 0 radical (unpaired) electrons. The number of hydrogen-bond acceptors (Lipinski definition) is 3. The van der Waals surface area contributed by atoms with Crippen molar-refractivity contribution in [3.63, 3.8) is 0 Å². The fraction of sp³-hybridized carbons (Fsp3) is 0.263. The van der Waals surface area contributed by atoms with Gasteiger partial charge >= 0.3 is 5.97 Å². The average Bonchev–Trinajstić information content (AvgIpc) is 2.55. The molecular weight excluding hydrogens is 325 g/mol. The number of carboxylic acid groups (broad SMARTS) is 1. The molecule has 25 heavy (non-hydrogen) atoms. The second kappa shape index (κ2) is 7.79. The lowest BCUT2D eigenvalue weighted by atomic mass is 10.0. The number of aliphatic carboxylic acids is 1. The minimum atomic E-state index is -1.25. The van der Waals surface area contributed by atoms with Crippen LogP contribution in [0.2, 0.25) is 0 Å². The lowest BCUT2D eigenvalue weighted by molar-refractivity contribution is -0.142. The fourth-order valence-corrected chi connectivity index (χ4v) is 2.57. The molecular formula is C19H20FNO4. The van der Waals surface area contributed by atoms with E-state index in [0.29, 0.717) is 22.4 Å². The summed E-state index contributed by atoms with van der Waals surface area (Å²) in [5, 5.41) is 11.9. The molecule has 0 spiro atoms. The number of carbonyl (C=O) groups is 2. The van der Waals surface area contributed by atoms with Crippen molar-refractivity contribution in [1.29, 1.82) is 0 Å². The molecule has 6 heteroatoms. The minimum Gasteiger partial charge on any atom is -0.496 e. The average molecular weight is 345 g/mol. The van der Waals surface area contributed by atoms with E-state index >= 15 is 0 Å². The van der Waals surface area contributed by atoms with E-state index in [1.54, 1.807) is 6.07 Å². The van der Waals surface area contributed by atoms with E-state index in [1.165, 1.54) is 32.2 Å². The van der Waals surface area contributed by atoms with E-state index in [-0.39, 0.29) is 6.42 Å². The fourth-order valence-electron chi connectivity index (χ4n) is 2.57. The summed E-state index contributed by atoms with van der Waals surface area (Å²) in [6.07, 6.45) is -0.0190. The van der Waals surface area contributed by atoms with Gasteiger partial charge in [0.05, 0.1) is 13.5 Å². The van der Waals surface area contributed by atoms with Crippen molar-refractivity contribution in [1.82, 2.24) is 5.32 Å². The molecule has 2 aromatic rings. The lowest BCUT2D eigenvalue weighted by Crippen LogP contribution is -2.34. The van der Waals surface area contributed by atoms with Gasteiger partial charge in [-0.15, -0.1) is 0 Å². The number of rotatable bonds is 6. The van der Waals surface area contributed by atoms with Crippen LogP contribution in [0.15, 0.2) is 36.4 Å². The molecule has 5 nitrogen and oxygen atoms in total. The third-order valence-electron chi connectivity index (χ3n) is 3.85. The zero-order chi connectivity index (χ0) is 18.6. The molecule has 2 N–H and O–H groups in total. The van der Waals surface area contributed by atoms with Gasteiger partial charge in [0.15, 0.2) is 6.04 Å². The minimum absolute atomic E-state index is 0.0190. The number of amides is 1. The highest BCUT2D eigenvalue weighted by Gasteiger charge is 2.23. The Bertz CT molecular complexity index is 804. The molecule has 0 aliphatic rings. The zero-order valence-electron chi connectivity index (χ0n) is 14.3. The molecule has 0 saturated heterocycles. The van der Waals surface area contributed by atoms with Gasteiger partial charge in [-0.3, -0.25) is 4.79 Å². The summed E-state index contributed by atoms with van der Waals surface area (Å²) in [5.41, 5.74) is 2.27. The summed E-state index contributed by atoms with van der Waals surface area (Å²) in [7, 11) is 1.51. The Hall–Kier alpha value is -2.89. The second-order valence-corrected chi connectivity index (χ2v) is 5.84. The van der Waals surface area contributed by atoms with Crippen LogP contribution in [-0.2, 0) is 16.0 Å². The van der Waals surface area contributed by atoms with E-state index in [2.05, 4.69) is 5.32 Å². The highest BCUT2D eigenvalue weighted by atomic mass is 19.1. The summed E-state index contributed by atoms with van der Waals surface area (Å²) in [4.78, 5) is 23.9. The lowest BCUT2D eigenvalue weighted by Gasteiger charge is -2.16. The number of methoxy groups -OCH3 is 1. The molecule has 0 bridgehead atoms. The third kappa shape index (κ3) is 4.56. The highest BCUT2D eigenvalue weighted by Crippen LogP contribution is 2.21. The van der Waals surface area contributed by atoms with Crippen LogP contribution in [0, 0.1) is 19.7 Å². The van der Waals surface area contributed by atoms with E-state index in [1.807, 2.05) is 19.1 Å². The first-order valence-corrected chi connectivity index (χ1v) is 7.73. The smallest absolute Gasteiger partial charge is 0.330 e. The van der Waals surface area contributed by atoms with Crippen molar-refractivity contribution >= 4 is 11.9 Å². The molecule has 132 valence electrons. The molecule has 0 saturated carbocycles. The van der Waals surface area contributed by atoms with Gasteiger partial charge in [-0.1, -0.05) is 29.8 Å². The molecule has 1 amide bonds. The summed E-state index contributed by atoms with van der Waals surface area (Å²) in [6, 6.07) is 8.16. The maximum atomic E-state index is 13.4. The van der Waals surface area contributed by atoms with Crippen LogP contribution in [0.3, 0.4) is 0 Å². The predicted molar refractivity (Wildman–Crippen MR) is 91.1 cm³/mol. The normalized spacial score (nSPS) is 11.7. The summed E-state index contributed by atoms with van der Waals surface area (Å²) >= 11 is 0. The van der Waals surface area contributed by atoms with Crippen LogP contribution in [0.1, 0.15) is 28.3 Å². The number of benzene rings is 2. The number of nitrogens with one attached hydrogen (secondary N) is 1. The van der Waals surface area contributed by atoms with Gasteiger partial charge < -0.3 is 15.2 Å². The van der Waals surface area contributed by atoms with Crippen LogP contribution in [0.5, 0.6) is 5.75 Å². The van der Waals surface area contributed by atoms with E-state index in [0.717, 1.165) is 5.56 Å². The standard InChI is InChI=1S/C19H20FNO4/c1-11-4-7-16(25-3)14(8-11)10-17(22)21-18(19(23)24)13-5-6-15(20)12(2)9-13/h4-9,18H,10H2,1-3H3,(H,21,22)(H,23,24). The quantitative estimate of drug-likeness (QED) is 0.844. The van der Waals surface area contributed by atoms with E-state index in [4.69, 9.17) is 4.74 Å². The molecule has 1 unspecified atom stereocenters. The molecule has 0 heterocycles. The van der Waals surface area contributed by atoms with Gasteiger partial charge in [-0.2, -0.15) is 0 Å². The number of carboxylic acids is 1. The van der Waals surface area contributed by atoms with Crippen LogP contribution in [0.25, 0.3) is 0 Å². The first-order valence-electron chi connectivity index (χ1n) is 7.73. The Morgan fingerprint density at radius 2 is 1.92 bits per heavy atom. The Morgan fingerprint density at radius 3 is 2.52 bits per heavy atom. The van der Waals surface area contributed by atoms with Gasteiger partial charge in [0.1, 0.15) is 11.6 Å². The second-order valence-electron chi connectivity index (χ2n) is 5.84. The maximum Gasteiger partial charge on any atom is 0.330 e. The van der Waals surface area contributed by atoms with Crippen molar-refractivity contribution < 1.29 is 23.8 Å². The van der Waals surface area contributed by atoms with Crippen molar-refractivity contribution in [3.05, 3.63) is 64.5 Å². The molecule has 0 aliphatic carbocycles. The van der Waals surface area contributed by atoms with Gasteiger partial charge in [0.2, 0.25) is 5.91 Å². The molecule has 2 aromatic carbocycles. The molecule has 0 aliphatic heterocycles. The van der Waals surface area contributed by atoms with Crippen molar-refractivity contribution in [2.75, 3.05) is 7.11 Å². The summed E-state index contributed by atoms with van der Waals surface area (Å²) in [5.74, 6) is -1.54. The number of halogens is 1. The van der Waals surface area contributed by atoms with Crippen LogP contribution in [-0.4, -0.2) is 24.1 Å². The predicted octanol–water partition coefficient (Wildman–Crippen LogP) is 2.94. The molecule has 2 rings (SSSR count). The van der Waals surface area contributed by atoms with Crippen LogP contribution >= 0.6 is 0 Å². The highest BCUT2D eigenvalue weighted by molar-refractivity contribution is 5.86. The SMILES string of the molecule is COc1ccc(C)cc1CC(=O)NC(C(=O)O)c1ccc(F)c(C)c1. The molecule has 0 fully saturated rings. The number of ether oxygens (including phenoxy) is 1. The molecule has 1 atom stereocenters. The first kappa shape index (κ1) is 18.4. The van der Waals surface area contributed by atoms with Crippen molar-refractivity contribution in [2.45, 2.75) is 26.3 Å². The van der Waals surface area contributed by atoms with E-state index in [9.17, 15) is 19.1 Å². The monoisotopic (exact) mass is 345 g/mol. The number of carbonyl (C=O) groups excluding carboxylic acids is 1. The van der Waals surface area contributed by atoms with Crippen LogP contribution in [0.4, 0.5) is 4.39 Å². The Balaban J connectivity index is 2.20. The summed E-state index contributed by atoms with van der Waals surface area (Å²) in [6.45, 7) is 3.43. The topological polar surface area (TPSA) is 75.6 Å². The van der Waals surface area contributed by atoms with Crippen molar-refractivity contribution in [2.24, 2.45) is 0 Å². The van der Waals surface area contributed by atoms with Gasteiger partial charge in [0, 0.05) is 5.56 Å². The Kier molecular flexibility index (Phi) is 5.75. The largest absolute Gasteiger partial charge is 0.496 e. The van der Waals surface area contributed by atoms with Crippen LogP contribution < -0.4 is 10.1 Å². The number of hydrogen-bond donors (Lipinski definition) is 2. The van der Waals surface area contributed by atoms with Crippen molar-refractivity contribution in [3.8, 4) is 5.75 Å². The number of aryl methyl sites for hydroxylation is 2. The van der Waals surface area contributed by atoms with E-state index < -0.39 is 23.7 Å². The first-order chi connectivity index (χ1) is 11.8. The Morgan fingerprint density at radius 1 is 1.20 bits per heavy atom.